The van der Waals surface area contributed by atoms with E-state index in [9.17, 15) is 18.0 Å². The number of likely N-dealkylation sites (tertiary alicyclic amines) is 1. The van der Waals surface area contributed by atoms with E-state index in [1.807, 2.05) is 30.1 Å². The molecule has 0 bridgehead atoms. The molecule has 2 aromatic carbocycles. The fraction of sp³-hybridized carbons (Fsp3) is 0.462. The summed E-state index contributed by atoms with van der Waals surface area (Å²) in [5.41, 5.74) is 1.69. The number of fused-ring (bicyclic) bond motifs is 1. The minimum atomic E-state index is -4.39. The average molecular weight is 486 g/mol. The maximum absolute atomic E-state index is 13.4. The summed E-state index contributed by atoms with van der Waals surface area (Å²) in [5.74, 6) is 1.13. The molecule has 2 saturated heterocycles. The van der Waals surface area contributed by atoms with Crippen LogP contribution in [-0.2, 0) is 24.6 Å². The quantitative estimate of drug-likeness (QED) is 0.557. The number of alkyl halides is 3. The van der Waals surface area contributed by atoms with Crippen LogP contribution in [-0.4, -0.2) is 64.5 Å². The number of aryl methyl sites for hydroxylation is 1. The molecule has 9 heteroatoms. The van der Waals surface area contributed by atoms with Crippen LogP contribution in [0.15, 0.2) is 48.5 Å². The number of rotatable bonds is 4. The SMILES string of the molecule is Cn1c(CN2CCC(C(=O)N3CCN(c4ccccc4C(F)(F)F)CC3)CC2)nc2ccccc21. The molecule has 0 atom stereocenters. The summed E-state index contributed by atoms with van der Waals surface area (Å²) in [7, 11) is 2.04. The first-order valence-corrected chi connectivity index (χ1v) is 12.1. The number of hydrogen-bond acceptors (Lipinski definition) is 4. The molecular weight excluding hydrogens is 455 g/mol. The second kappa shape index (κ2) is 9.53. The van der Waals surface area contributed by atoms with Gasteiger partial charge in [0, 0.05) is 44.8 Å². The third kappa shape index (κ3) is 4.87. The van der Waals surface area contributed by atoms with E-state index in [0.29, 0.717) is 26.2 Å². The molecule has 1 amide bonds. The third-order valence-corrected chi connectivity index (χ3v) is 7.32. The summed E-state index contributed by atoms with van der Waals surface area (Å²) in [6.07, 6.45) is -2.81. The highest BCUT2D eigenvalue weighted by molar-refractivity contribution is 5.79. The molecule has 0 aliphatic carbocycles. The Labute approximate surface area is 202 Å². The van der Waals surface area contributed by atoms with Gasteiger partial charge in [0.1, 0.15) is 5.82 Å². The number of para-hydroxylation sites is 3. The Bertz CT molecular complexity index is 1190. The monoisotopic (exact) mass is 485 g/mol. The van der Waals surface area contributed by atoms with Gasteiger partial charge in [0.25, 0.3) is 0 Å². The van der Waals surface area contributed by atoms with E-state index in [4.69, 9.17) is 4.98 Å². The van der Waals surface area contributed by atoms with Crippen LogP contribution in [0.3, 0.4) is 0 Å². The Morgan fingerprint density at radius 3 is 2.29 bits per heavy atom. The van der Waals surface area contributed by atoms with Crippen molar-refractivity contribution in [3.63, 3.8) is 0 Å². The smallest absolute Gasteiger partial charge is 0.367 e. The van der Waals surface area contributed by atoms with Crippen molar-refractivity contribution < 1.29 is 18.0 Å². The molecule has 0 unspecified atom stereocenters. The van der Waals surface area contributed by atoms with Crippen LogP contribution in [0.2, 0.25) is 0 Å². The molecule has 0 spiro atoms. The first-order chi connectivity index (χ1) is 16.8. The van der Waals surface area contributed by atoms with Crippen molar-refractivity contribution in [3.05, 3.63) is 59.9 Å². The molecule has 0 saturated carbocycles. The van der Waals surface area contributed by atoms with Gasteiger partial charge < -0.3 is 14.4 Å². The number of carbonyl (C=O) groups excluding carboxylic acids is 1. The van der Waals surface area contributed by atoms with Gasteiger partial charge >= 0.3 is 6.18 Å². The first kappa shape index (κ1) is 23.7. The molecule has 186 valence electrons. The number of carbonyl (C=O) groups is 1. The van der Waals surface area contributed by atoms with Crippen molar-refractivity contribution in [2.75, 3.05) is 44.2 Å². The van der Waals surface area contributed by atoms with Crippen molar-refractivity contribution in [3.8, 4) is 0 Å². The van der Waals surface area contributed by atoms with E-state index < -0.39 is 11.7 Å². The number of nitrogens with zero attached hydrogens (tertiary/aromatic N) is 5. The zero-order chi connectivity index (χ0) is 24.6. The molecule has 1 aromatic heterocycles. The van der Waals surface area contributed by atoms with E-state index in [-0.39, 0.29) is 17.5 Å². The normalized spacial score (nSPS) is 18.4. The number of imidazole rings is 1. The van der Waals surface area contributed by atoms with Crippen LogP contribution >= 0.6 is 0 Å². The number of benzene rings is 2. The lowest BCUT2D eigenvalue weighted by Gasteiger charge is -2.40. The molecule has 2 aliphatic rings. The number of aromatic nitrogens is 2. The van der Waals surface area contributed by atoms with E-state index in [1.165, 1.54) is 12.1 Å². The van der Waals surface area contributed by atoms with Crippen molar-refractivity contribution in [1.29, 1.82) is 0 Å². The number of anilines is 1. The summed E-state index contributed by atoms with van der Waals surface area (Å²) < 4.78 is 42.3. The largest absolute Gasteiger partial charge is 0.418 e. The van der Waals surface area contributed by atoms with Gasteiger partial charge in [-0.05, 0) is 50.2 Å². The van der Waals surface area contributed by atoms with E-state index in [0.717, 1.165) is 55.4 Å². The Balaban J connectivity index is 1.14. The standard InChI is InChI=1S/C26H30F3N5O/c1-31-23-9-5-3-7-21(23)30-24(31)18-32-12-10-19(11-13-32)25(35)34-16-14-33(15-17-34)22-8-4-2-6-20(22)26(27,28)29/h2-9,19H,10-18H2,1H3. The average Bonchev–Trinajstić information content (AvgIpc) is 3.19. The van der Waals surface area contributed by atoms with Crippen LogP contribution in [0.5, 0.6) is 0 Å². The van der Waals surface area contributed by atoms with Gasteiger partial charge in [0.15, 0.2) is 0 Å². The molecular formula is C26H30F3N5O. The molecule has 35 heavy (non-hydrogen) atoms. The van der Waals surface area contributed by atoms with Crippen molar-refractivity contribution in [2.24, 2.45) is 13.0 Å². The minimum Gasteiger partial charge on any atom is -0.367 e. The summed E-state index contributed by atoms with van der Waals surface area (Å²) in [5, 5.41) is 0. The van der Waals surface area contributed by atoms with Crippen LogP contribution in [0.1, 0.15) is 24.2 Å². The summed E-state index contributed by atoms with van der Waals surface area (Å²) in [6, 6.07) is 13.8. The highest BCUT2D eigenvalue weighted by atomic mass is 19.4. The molecule has 3 aromatic rings. The first-order valence-electron chi connectivity index (χ1n) is 12.1. The van der Waals surface area contributed by atoms with E-state index in [2.05, 4.69) is 15.5 Å². The van der Waals surface area contributed by atoms with E-state index >= 15 is 0 Å². The Morgan fingerprint density at radius 2 is 1.60 bits per heavy atom. The molecule has 6 nitrogen and oxygen atoms in total. The highest BCUT2D eigenvalue weighted by Crippen LogP contribution is 2.36. The molecule has 0 radical (unpaired) electrons. The predicted molar refractivity (Wildman–Crippen MR) is 129 cm³/mol. The highest BCUT2D eigenvalue weighted by Gasteiger charge is 2.36. The van der Waals surface area contributed by atoms with Crippen LogP contribution in [0.4, 0.5) is 18.9 Å². The van der Waals surface area contributed by atoms with Crippen molar-refractivity contribution in [2.45, 2.75) is 25.6 Å². The van der Waals surface area contributed by atoms with Gasteiger partial charge in [-0.25, -0.2) is 4.98 Å². The van der Waals surface area contributed by atoms with E-state index in [1.54, 1.807) is 11.0 Å². The van der Waals surface area contributed by atoms with Gasteiger partial charge in [-0.15, -0.1) is 0 Å². The lowest BCUT2D eigenvalue weighted by Crippen LogP contribution is -2.52. The Morgan fingerprint density at radius 1 is 0.943 bits per heavy atom. The summed E-state index contributed by atoms with van der Waals surface area (Å²) in [6.45, 7) is 4.13. The number of halogens is 3. The van der Waals surface area contributed by atoms with Crippen LogP contribution in [0, 0.1) is 5.92 Å². The number of piperidine rings is 1. The molecule has 3 heterocycles. The maximum atomic E-state index is 13.4. The number of hydrogen-bond donors (Lipinski definition) is 0. The van der Waals surface area contributed by atoms with Gasteiger partial charge in [-0.2, -0.15) is 13.2 Å². The molecule has 2 aliphatic heterocycles. The zero-order valence-electron chi connectivity index (χ0n) is 19.8. The summed E-state index contributed by atoms with van der Waals surface area (Å²) >= 11 is 0. The number of amides is 1. The Hall–Kier alpha value is -3.07. The minimum absolute atomic E-state index is 0.0271. The van der Waals surface area contributed by atoms with Gasteiger partial charge in [-0.3, -0.25) is 9.69 Å². The zero-order valence-corrected chi connectivity index (χ0v) is 19.8. The predicted octanol–water partition coefficient (Wildman–Crippen LogP) is 4.15. The molecule has 0 N–H and O–H groups in total. The Kier molecular flexibility index (Phi) is 6.44. The lowest BCUT2D eigenvalue weighted by molar-refractivity contribution is -0.138. The fourth-order valence-electron chi connectivity index (χ4n) is 5.29. The number of piperazine rings is 1. The lowest BCUT2D eigenvalue weighted by atomic mass is 9.95. The topological polar surface area (TPSA) is 44.6 Å². The second-order valence-electron chi connectivity index (χ2n) is 9.45. The van der Waals surface area contributed by atoms with Crippen LogP contribution in [0.25, 0.3) is 11.0 Å². The second-order valence-corrected chi connectivity index (χ2v) is 9.45. The van der Waals surface area contributed by atoms with Crippen molar-refractivity contribution in [1.82, 2.24) is 19.4 Å². The third-order valence-electron chi connectivity index (χ3n) is 7.32. The summed E-state index contributed by atoms with van der Waals surface area (Å²) in [4.78, 5) is 23.8. The van der Waals surface area contributed by atoms with Crippen LogP contribution < -0.4 is 4.90 Å². The molecule has 2 fully saturated rings. The fourth-order valence-corrected chi connectivity index (χ4v) is 5.29. The van der Waals surface area contributed by atoms with Gasteiger partial charge in [0.2, 0.25) is 5.91 Å². The van der Waals surface area contributed by atoms with Gasteiger partial charge in [0.05, 0.1) is 23.1 Å². The molecule has 5 rings (SSSR count). The van der Waals surface area contributed by atoms with Crippen molar-refractivity contribution >= 4 is 22.6 Å². The maximum Gasteiger partial charge on any atom is 0.418 e. The van der Waals surface area contributed by atoms with Gasteiger partial charge in [-0.1, -0.05) is 24.3 Å².